The highest BCUT2D eigenvalue weighted by Crippen LogP contribution is 2.33. The van der Waals surface area contributed by atoms with Crippen molar-refractivity contribution in [3.63, 3.8) is 0 Å². The topological polar surface area (TPSA) is 111 Å². The zero-order chi connectivity index (χ0) is 24.2. The number of hydrogen-bond donors (Lipinski definition) is 1. The van der Waals surface area contributed by atoms with Crippen molar-refractivity contribution < 1.29 is 14.3 Å². The van der Waals surface area contributed by atoms with Crippen molar-refractivity contribution in [2.45, 2.75) is 27.4 Å². The molecule has 0 saturated heterocycles. The van der Waals surface area contributed by atoms with Crippen molar-refractivity contribution in [1.29, 1.82) is 10.7 Å². The van der Waals surface area contributed by atoms with E-state index in [0.29, 0.717) is 34.4 Å². The fraction of sp³-hybridized carbons (Fsp3) is 0.240. The quantitative estimate of drug-likeness (QED) is 0.578. The Balaban J connectivity index is 1.59. The van der Waals surface area contributed by atoms with Crippen molar-refractivity contribution in [2.75, 3.05) is 6.61 Å². The second-order valence-electron chi connectivity index (χ2n) is 7.81. The Morgan fingerprint density at radius 2 is 2.00 bits per heavy atom. The van der Waals surface area contributed by atoms with E-state index in [-0.39, 0.29) is 23.9 Å². The van der Waals surface area contributed by atoms with Gasteiger partial charge in [0, 0.05) is 11.5 Å². The number of hydrazone groups is 1. The maximum absolute atomic E-state index is 12.7. The van der Waals surface area contributed by atoms with Crippen LogP contribution in [0.25, 0.3) is 6.08 Å². The first-order valence-electron chi connectivity index (χ1n) is 10.8. The van der Waals surface area contributed by atoms with Crippen LogP contribution in [0.15, 0.2) is 58.1 Å². The van der Waals surface area contributed by atoms with Gasteiger partial charge in [-0.25, -0.2) is 0 Å². The number of hydrogen-bond acceptors (Lipinski definition) is 7. The van der Waals surface area contributed by atoms with Crippen LogP contribution in [0.1, 0.15) is 37.5 Å². The lowest BCUT2D eigenvalue weighted by Gasteiger charge is -2.20. The summed E-state index contributed by atoms with van der Waals surface area (Å²) in [5, 5.41) is 24.9. The van der Waals surface area contributed by atoms with E-state index >= 15 is 0 Å². The van der Waals surface area contributed by atoms with Crippen LogP contribution >= 0.6 is 11.8 Å². The molecule has 2 aromatic carbocycles. The molecular formula is C25H23N5O3S. The molecule has 172 valence electrons. The Labute approximate surface area is 202 Å². The molecule has 2 heterocycles. The largest absolute Gasteiger partial charge is 0.490 e. The van der Waals surface area contributed by atoms with Gasteiger partial charge in [0.1, 0.15) is 11.7 Å². The number of fused-ring (bicyclic) bond motifs is 1. The molecular weight excluding hydrogens is 450 g/mol. The highest BCUT2D eigenvalue weighted by molar-refractivity contribution is 8.27. The summed E-state index contributed by atoms with van der Waals surface area (Å²) in [7, 11) is 0. The molecule has 2 aliphatic rings. The predicted molar refractivity (Wildman–Crippen MR) is 133 cm³/mol. The second kappa shape index (κ2) is 9.93. The molecule has 1 amide bonds. The summed E-state index contributed by atoms with van der Waals surface area (Å²) >= 11 is 1.32. The van der Waals surface area contributed by atoms with Gasteiger partial charge in [0.15, 0.2) is 17.3 Å². The van der Waals surface area contributed by atoms with Crippen LogP contribution in [-0.2, 0) is 11.4 Å². The maximum Gasteiger partial charge on any atom is 0.283 e. The SMILES string of the molecule is CCOc1cc(/C=C2/C(=N)N3N=C(C(C)C)SC3=NC2=O)ccc1OCc1ccccc1C#N. The molecule has 0 unspecified atom stereocenters. The van der Waals surface area contributed by atoms with Gasteiger partial charge in [-0.3, -0.25) is 10.2 Å². The van der Waals surface area contributed by atoms with Gasteiger partial charge in [-0.2, -0.15) is 20.4 Å². The van der Waals surface area contributed by atoms with Crippen molar-refractivity contribution in [1.82, 2.24) is 5.01 Å². The number of nitrogens with one attached hydrogen (secondary N) is 1. The van der Waals surface area contributed by atoms with Crippen LogP contribution in [-0.4, -0.2) is 33.6 Å². The maximum atomic E-state index is 12.7. The standard InChI is InChI=1S/C25H23N5O3S/c1-4-32-21-12-16(9-10-20(21)33-14-18-8-6-5-7-17(18)13-26)11-19-22(27)30-25(28-23(19)31)34-24(29-30)15(2)3/h5-12,15,27H,4,14H2,1-3H3/b19-11-,27-22?. The number of nitriles is 1. The van der Waals surface area contributed by atoms with E-state index in [1.165, 1.54) is 16.8 Å². The summed E-state index contributed by atoms with van der Waals surface area (Å²) < 4.78 is 11.7. The summed E-state index contributed by atoms with van der Waals surface area (Å²) in [4.78, 5) is 16.8. The first kappa shape index (κ1) is 23.3. The number of amides is 1. The van der Waals surface area contributed by atoms with Gasteiger partial charge >= 0.3 is 0 Å². The van der Waals surface area contributed by atoms with Crippen LogP contribution in [0.4, 0.5) is 0 Å². The summed E-state index contributed by atoms with van der Waals surface area (Å²) in [5.41, 5.74) is 2.15. The summed E-state index contributed by atoms with van der Waals surface area (Å²) in [5.74, 6) is 0.710. The number of carbonyl (C=O) groups is 1. The van der Waals surface area contributed by atoms with Gasteiger partial charge in [-0.15, -0.1) is 0 Å². The second-order valence-corrected chi connectivity index (χ2v) is 8.80. The lowest BCUT2D eigenvalue weighted by molar-refractivity contribution is -0.114. The molecule has 1 N–H and O–H groups in total. The van der Waals surface area contributed by atoms with E-state index in [4.69, 9.17) is 14.9 Å². The molecule has 0 radical (unpaired) electrons. The lowest BCUT2D eigenvalue weighted by Crippen LogP contribution is -2.35. The number of rotatable bonds is 7. The summed E-state index contributed by atoms with van der Waals surface area (Å²) in [6, 6.07) is 14.7. The Morgan fingerprint density at radius 3 is 2.74 bits per heavy atom. The average Bonchev–Trinajstić information content (AvgIpc) is 3.26. The van der Waals surface area contributed by atoms with E-state index in [9.17, 15) is 10.1 Å². The highest BCUT2D eigenvalue weighted by atomic mass is 32.2. The van der Waals surface area contributed by atoms with Crippen molar-refractivity contribution in [3.8, 4) is 17.6 Å². The minimum atomic E-state index is -0.477. The molecule has 0 bridgehead atoms. The van der Waals surface area contributed by atoms with Crippen LogP contribution in [0.2, 0.25) is 0 Å². The van der Waals surface area contributed by atoms with Gasteiger partial charge in [0.2, 0.25) is 5.17 Å². The third-order valence-electron chi connectivity index (χ3n) is 5.06. The smallest absolute Gasteiger partial charge is 0.283 e. The Morgan fingerprint density at radius 1 is 1.21 bits per heavy atom. The number of thioether (sulfide) groups is 1. The molecule has 0 atom stereocenters. The minimum absolute atomic E-state index is 0.00968. The number of nitrogens with zero attached hydrogens (tertiary/aromatic N) is 4. The number of carbonyl (C=O) groups excluding carboxylic acids is 1. The first-order chi connectivity index (χ1) is 16.4. The number of amidine groups is 2. The average molecular weight is 474 g/mol. The number of benzene rings is 2. The fourth-order valence-corrected chi connectivity index (χ4v) is 4.21. The Kier molecular flexibility index (Phi) is 6.80. The molecule has 8 nitrogen and oxygen atoms in total. The van der Waals surface area contributed by atoms with Crippen molar-refractivity contribution in [3.05, 3.63) is 64.7 Å². The Hall–Kier alpha value is -3.90. The van der Waals surface area contributed by atoms with E-state index in [1.54, 1.807) is 30.3 Å². The molecule has 0 saturated carbocycles. The van der Waals surface area contributed by atoms with E-state index < -0.39 is 5.91 Å². The van der Waals surface area contributed by atoms with Gasteiger partial charge in [-0.05, 0) is 48.5 Å². The normalized spacial score (nSPS) is 16.3. The first-order valence-corrected chi connectivity index (χ1v) is 11.6. The molecule has 0 fully saturated rings. The van der Waals surface area contributed by atoms with Crippen LogP contribution in [0, 0.1) is 22.7 Å². The minimum Gasteiger partial charge on any atom is -0.490 e. The third kappa shape index (κ3) is 4.72. The highest BCUT2D eigenvalue weighted by Gasteiger charge is 2.36. The summed E-state index contributed by atoms with van der Waals surface area (Å²) in [6.45, 7) is 6.51. The molecule has 2 aliphatic heterocycles. The van der Waals surface area contributed by atoms with Crippen molar-refractivity contribution >= 4 is 39.8 Å². The van der Waals surface area contributed by atoms with Crippen LogP contribution < -0.4 is 9.47 Å². The van der Waals surface area contributed by atoms with Gasteiger partial charge < -0.3 is 9.47 Å². The van der Waals surface area contributed by atoms with Crippen LogP contribution in [0.5, 0.6) is 11.5 Å². The van der Waals surface area contributed by atoms with Crippen LogP contribution in [0.3, 0.4) is 0 Å². The van der Waals surface area contributed by atoms with E-state index in [0.717, 1.165) is 10.6 Å². The summed E-state index contributed by atoms with van der Waals surface area (Å²) in [6.07, 6.45) is 1.61. The monoisotopic (exact) mass is 473 g/mol. The molecule has 0 spiro atoms. The third-order valence-corrected chi connectivity index (χ3v) is 6.27. The predicted octanol–water partition coefficient (Wildman–Crippen LogP) is 4.81. The molecule has 0 aromatic heterocycles. The zero-order valence-electron chi connectivity index (χ0n) is 19.0. The molecule has 4 rings (SSSR count). The number of ether oxygens (including phenoxy) is 2. The van der Waals surface area contributed by atoms with E-state index in [1.807, 2.05) is 39.0 Å². The fourth-order valence-electron chi connectivity index (χ4n) is 3.32. The van der Waals surface area contributed by atoms with E-state index in [2.05, 4.69) is 16.2 Å². The Bertz CT molecular complexity index is 1290. The molecule has 34 heavy (non-hydrogen) atoms. The van der Waals surface area contributed by atoms with Gasteiger partial charge in [-0.1, -0.05) is 38.1 Å². The zero-order valence-corrected chi connectivity index (χ0v) is 19.8. The van der Waals surface area contributed by atoms with Gasteiger partial charge in [0.05, 0.1) is 23.8 Å². The lowest BCUT2D eigenvalue weighted by atomic mass is 10.1. The van der Waals surface area contributed by atoms with Gasteiger partial charge in [0.25, 0.3) is 5.91 Å². The van der Waals surface area contributed by atoms with Crippen molar-refractivity contribution in [2.24, 2.45) is 16.0 Å². The molecule has 9 heteroatoms. The molecule has 2 aromatic rings. The number of aliphatic imine (C=N–C) groups is 1. The molecule has 0 aliphatic carbocycles.